The number of hydrogen-bond donors (Lipinski definition) is 0. The fourth-order valence-electron chi connectivity index (χ4n) is 2.08. The molecule has 0 N–H and O–H groups in total. The van der Waals surface area contributed by atoms with E-state index >= 15 is 0 Å². The quantitative estimate of drug-likeness (QED) is 0.568. The Morgan fingerprint density at radius 3 is 2.62 bits per heavy atom. The van der Waals surface area contributed by atoms with Crippen LogP contribution in [0.4, 0.5) is 0 Å². The van der Waals surface area contributed by atoms with Crippen molar-refractivity contribution in [3.8, 4) is 11.6 Å². The molecule has 1 aromatic heterocycles. The number of rotatable bonds is 5. The predicted molar refractivity (Wildman–Crippen MR) is 88.5 cm³/mol. The van der Waals surface area contributed by atoms with E-state index < -0.39 is 0 Å². The zero-order chi connectivity index (χ0) is 14.7. The van der Waals surface area contributed by atoms with E-state index in [2.05, 4.69) is 32.6 Å². The monoisotopic (exact) mass is 396 g/mol. The molecule has 0 saturated heterocycles. The van der Waals surface area contributed by atoms with Gasteiger partial charge >= 0.3 is 0 Å². The second-order valence-electron chi connectivity index (χ2n) is 5.14. The van der Waals surface area contributed by atoms with Crippen molar-refractivity contribution in [3.05, 3.63) is 45.4 Å². The van der Waals surface area contributed by atoms with E-state index in [1.807, 2.05) is 37.3 Å². The minimum Gasteiger partial charge on any atom is -0.481 e. The summed E-state index contributed by atoms with van der Waals surface area (Å²) in [4.78, 5) is 8.77. The number of halogens is 1. The first-order valence-electron chi connectivity index (χ1n) is 7.10. The fourth-order valence-corrected chi connectivity index (χ4v) is 2.82. The number of ether oxygens (including phenoxy) is 2. The molecule has 0 spiro atoms. The molecule has 0 unspecified atom stereocenters. The van der Waals surface area contributed by atoms with Gasteiger partial charge in [-0.3, -0.25) is 0 Å². The van der Waals surface area contributed by atoms with Crippen molar-refractivity contribution in [1.29, 1.82) is 0 Å². The van der Waals surface area contributed by atoms with Crippen molar-refractivity contribution in [1.82, 2.24) is 9.97 Å². The van der Waals surface area contributed by atoms with Crippen LogP contribution >= 0.6 is 22.6 Å². The molecule has 21 heavy (non-hydrogen) atoms. The van der Waals surface area contributed by atoms with Gasteiger partial charge in [0.05, 0.1) is 0 Å². The van der Waals surface area contributed by atoms with Crippen LogP contribution in [0.1, 0.15) is 30.7 Å². The molecule has 1 heterocycles. The number of benzene rings is 1. The first-order valence-corrected chi connectivity index (χ1v) is 8.18. The summed E-state index contributed by atoms with van der Waals surface area (Å²) in [5.74, 6) is 1.94. The smallest absolute Gasteiger partial charge is 0.261 e. The number of nitrogens with zero attached hydrogens (tertiary/aromatic N) is 2. The van der Waals surface area contributed by atoms with Crippen LogP contribution in [0.2, 0.25) is 0 Å². The van der Waals surface area contributed by atoms with Gasteiger partial charge in [-0.25, -0.2) is 4.98 Å². The highest BCUT2D eigenvalue weighted by Crippen LogP contribution is 2.34. The molecular weight excluding hydrogens is 379 g/mol. The standard InChI is InChI=1S/C16H17IN2O2/c1-11-18-15(17)14(16(19-11)21-13-8-5-9-13)20-10-12-6-3-2-4-7-12/h2-4,6-7,13H,5,8-10H2,1H3. The lowest BCUT2D eigenvalue weighted by Crippen LogP contribution is -2.25. The van der Waals surface area contributed by atoms with Crippen LogP contribution in [-0.4, -0.2) is 16.1 Å². The number of hydrogen-bond acceptors (Lipinski definition) is 4. The van der Waals surface area contributed by atoms with Gasteiger partial charge in [0.25, 0.3) is 5.88 Å². The Bertz CT molecular complexity index is 615. The molecule has 1 aliphatic carbocycles. The molecule has 0 amide bonds. The molecular formula is C16H17IN2O2. The molecule has 0 aliphatic heterocycles. The second kappa shape index (κ2) is 6.60. The fraction of sp³-hybridized carbons (Fsp3) is 0.375. The highest BCUT2D eigenvalue weighted by atomic mass is 127. The number of aromatic nitrogens is 2. The lowest BCUT2D eigenvalue weighted by Gasteiger charge is -2.26. The Labute approximate surface area is 138 Å². The van der Waals surface area contributed by atoms with Gasteiger partial charge < -0.3 is 9.47 Å². The maximum Gasteiger partial charge on any atom is 0.261 e. The highest BCUT2D eigenvalue weighted by molar-refractivity contribution is 14.1. The molecule has 1 saturated carbocycles. The lowest BCUT2D eigenvalue weighted by molar-refractivity contribution is 0.107. The Hall–Kier alpha value is -1.37. The Kier molecular flexibility index (Phi) is 4.57. The molecule has 110 valence electrons. The SMILES string of the molecule is Cc1nc(I)c(OCc2ccccc2)c(OC2CCC2)n1. The van der Waals surface area contributed by atoms with Crippen LogP contribution in [-0.2, 0) is 6.61 Å². The van der Waals surface area contributed by atoms with Crippen molar-refractivity contribution >= 4 is 22.6 Å². The molecule has 3 rings (SSSR count). The van der Waals surface area contributed by atoms with E-state index in [1.165, 1.54) is 6.42 Å². The van der Waals surface area contributed by atoms with Crippen LogP contribution in [0, 0.1) is 10.6 Å². The topological polar surface area (TPSA) is 44.2 Å². The molecule has 1 fully saturated rings. The van der Waals surface area contributed by atoms with Gasteiger partial charge in [-0.05, 0) is 54.3 Å². The zero-order valence-electron chi connectivity index (χ0n) is 11.9. The van der Waals surface area contributed by atoms with Gasteiger partial charge in [0.1, 0.15) is 18.5 Å². The third kappa shape index (κ3) is 3.64. The first kappa shape index (κ1) is 14.6. The summed E-state index contributed by atoms with van der Waals surface area (Å²) in [6, 6.07) is 10.1. The zero-order valence-corrected chi connectivity index (χ0v) is 14.0. The van der Waals surface area contributed by atoms with E-state index in [9.17, 15) is 0 Å². The molecule has 0 atom stereocenters. The van der Waals surface area contributed by atoms with E-state index in [0.717, 1.165) is 22.1 Å². The van der Waals surface area contributed by atoms with E-state index in [-0.39, 0.29) is 6.10 Å². The van der Waals surface area contributed by atoms with Gasteiger partial charge in [0.15, 0.2) is 3.70 Å². The van der Waals surface area contributed by atoms with Crippen molar-refractivity contribution in [2.75, 3.05) is 0 Å². The third-order valence-electron chi connectivity index (χ3n) is 3.46. The van der Waals surface area contributed by atoms with Gasteiger partial charge in [0.2, 0.25) is 5.75 Å². The summed E-state index contributed by atoms with van der Waals surface area (Å²) in [7, 11) is 0. The minimum atomic E-state index is 0.272. The Morgan fingerprint density at radius 1 is 1.19 bits per heavy atom. The van der Waals surface area contributed by atoms with E-state index in [4.69, 9.17) is 9.47 Å². The van der Waals surface area contributed by atoms with Gasteiger partial charge in [0, 0.05) is 0 Å². The highest BCUT2D eigenvalue weighted by Gasteiger charge is 2.23. The van der Waals surface area contributed by atoms with Gasteiger partial charge in [-0.15, -0.1) is 0 Å². The molecule has 0 radical (unpaired) electrons. The summed E-state index contributed by atoms with van der Waals surface area (Å²) < 4.78 is 12.7. The van der Waals surface area contributed by atoms with E-state index in [0.29, 0.717) is 24.1 Å². The minimum absolute atomic E-state index is 0.272. The molecule has 4 nitrogen and oxygen atoms in total. The lowest BCUT2D eigenvalue weighted by atomic mass is 9.96. The maximum atomic E-state index is 5.95. The largest absolute Gasteiger partial charge is 0.481 e. The normalized spacial score (nSPS) is 14.6. The van der Waals surface area contributed by atoms with Crippen LogP contribution in [0.3, 0.4) is 0 Å². The van der Waals surface area contributed by atoms with Gasteiger partial charge in [-0.2, -0.15) is 4.98 Å². The van der Waals surface area contributed by atoms with Crippen molar-refractivity contribution in [2.24, 2.45) is 0 Å². The summed E-state index contributed by atoms with van der Waals surface area (Å²) in [6.07, 6.45) is 3.69. The summed E-state index contributed by atoms with van der Waals surface area (Å²) in [5, 5.41) is 0. The van der Waals surface area contributed by atoms with Crippen molar-refractivity contribution in [3.63, 3.8) is 0 Å². The number of aryl methyl sites for hydroxylation is 1. The van der Waals surface area contributed by atoms with Crippen LogP contribution in [0.25, 0.3) is 0 Å². The average molecular weight is 396 g/mol. The summed E-state index contributed by atoms with van der Waals surface area (Å²) >= 11 is 2.18. The van der Waals surface area contributed by atoms with Crippen LogP contribution < -0.4 is 9.47 Å². The summed E-state index contributed by atoms with van der Waals surface area (Å²) in [6.45, 7) is 2.36. The van der Waals surface area contributed by atoms with Crippen molar-refractivity contribution in [2.45, 2.75) is 38.9 Å². The molecule has 1 aromatic carbocycles. The second-order valence-corrected chi connectivity index (χ2v) is 6.16. The third-order valence-corrected chi connectivity index (χ3v) is 4.19. The molecule has 2 aromatic rings. The molecule has 1 aliphatic rings. The predicted octanol–water partition coefficient (Wildman–Crippen LogP) is 3.90. The molecule has 0 bridgehead atoms. The van der Waals surface area contributed by atoms with Gasteiger partial charge in [-0.1, -0.05) is 30.3 Å². The van der Waals surface area contributed by atoms with E-state index in [1.54, 1.807) is 0 Å². The first-order chi connectivity index (χ1) is 10.2. The maximum absolute atomic E-state index is 5.95. The van der Waals surface area contributed by atoms with Crippen LogP contribution in [0.15, 0.2) is 30.3 Å². The molecule has 5 heteroatoms. The summed E-state index contributed by atoms with van der Waals surface area (Å²) in [5.41, 5.74) is 1.11. The van der Waals surface area contributed by atoms with Crippen LogP contribution in [0.5, 0.6) is 11.6 Å². The Morgan fingerprint density at radius 2 is 1.95 bits per heavy atom. The average Bonchev–Trinajstić information content (AvgIpc) is 2.43. The Balaban J connectivity index is 1.78. The van der Waals surface area contributed by atoms with Crippen molar-refractivity contribution < 1.29 is 9.47 Å².